The number of hydrogen-bond acceptors (Lipinski definition) is 3. The molecular formula is C13H20O3. The number of carbonyl (C=O) groups is 1. The van der Waals surface area contributed by atoms with Gasteiger partial charge in [0.2, 0.25) is 0 Å². The van der Waals surface area contributed by atoms with Crippen molar-refractivity contribution in [2.45, 2.75) is 57.8 Å². The first-order valence-electron chi connectivity index (χ1n) is 5.91. The summed E-state index contributed by atoms with van der Waals surface area (Å²) < 4.78 is 11.6. The molecule has 90 valence electrons. The van der Waals surface area contributed by atoms with Crippen LogP contribution in [-0.2, 0) is 14.3 Å². The molecule has 1 heterocycles. The van der Waals surface area contributed by atoms with Gasteiger partial charge in [-0.05, 0) is 40.5 Å². The normalized spacial score (nSPS) is 36.1. The molecule has 0 amide bonds. The minimum atomic E-state index is -0.588. The average molecular weight is 224 g/mol. The van der Waals surface area contributed by atoms with E-state index in [0.29, 0.717) is 0 Å². The predicted octanol–water partition coefficient (Wildman–Crippen LogP) is 2.45. The van der Waals surface area contributed by atoms with Crippen LogP contribution in [0, 0.1) is 5.92 Å². The van der Waals surface area contributed by atoms with Crippen LogP contribution in [0.1, 0.15) is 40.5 Å². The van der Waals surface area contributed by atoms with Crippen molar-refractivity contribution in [2.24, 2.45) is 5.92 Å². The maximum Gasteiger partial charge on any atom is 0.312 e. The highest BCUT2D eigenvalue weighted by atomic mass is 16.6. The summed E-state index contributed by atoms with van der Waals surface area (Å²) >= 11 is 0. The Labute approximate surface area is 96.8 Å². The van der Waals surface area contributed by atoms with E-state index in [9.17, 15) is 4.79 Å². The lowest BCUT2D eigenvalue weighted by Crippen LogP contribution is -2.49. The van der Waals surface area contributed by atoms with Crippen molar-refractivity contribution >= 4 is 5.97 Å². The van der Waals surface area contributed by atoms with E-state index in [-0.39, 0.29) is 18.0 Å². The van der Waals surface area contributed by atoms with E-state index in [1.54, 1.807) is 0 Å². The van der Waals surface area contributed by atoms with Crippen molar-refractivity contribution in [1.29, 1.82) is 0 Å². The highest BCUT2D eigenvalue weighted by molar-refractivity contribution is 5.74. The van der Waals surface area contributed by atoms with Crippen LogP contribution in [0.15, 0.2) is 12.2 Å². The number of ether oxygens (including phenoxy) is 2. The van der Waals surface area contributed by atoms with Crippen molar-refractivity contribution in [3.05, 3.63) is 12.2 Å². The summed E-state index contributed by atoms with van der Waals surface area (Å²) in [6, 6.07) is 0. The zero-order valence-electron chi connectivity index (χ0n) is 10.4. The Hall–Kier alpha value is -0.830. The molecule has 2 atom stereocenters. The third kappa shape index (κ3) is 1.77. The molecule has 1 aliphatic heterocycles. The largest absolute Gasteiger partial charge is 0.456 e. The minimum absolute atomic E-state index is 0.120. The zero-order valence-corrected chi connectivity index (χ0v) is 10.4. The van der Waals surface area contributed by atoms with Gasteiger partial charge in [-0.15, -0.1) is 0 Å². The minimum Gasteiger partial charge on any atom is -0.456 e. The van der Waals surface area contributed by atoms with E-state index in [1.165, 1.54) is 0 Å². The Morgan fingerprint density at radius 1 is 1.25 bits per heavy atom. The molecule has 1 aliphatic carbocycles. The summed E-state index contributed by atoms with van der Waals surface area (Å²) in [4.78, 5) is 12.0. The van der Waals surface area contributed by atoms with Crippen LogP contribution in [0.4, 0.5) is 0 Å². The molecule has 2 rings (SSSR count). The monoisotopic (exact) mass is 224 g/mol. The first-order chi connectivity index (χ1) is 7.33. The first kappa shape index (κ1) is 11.6. The molecule has 0 spiro atoms. The van der Waals surface area contributed by atoms with Gasteiger partial charge in [0.05, 0.1) is 12.0 Å². The predicted molar refractivity (Wildman–Crippen MR) is 61.0 cm³/mol. The third-order valence-electron chi connectivity index (χ3n) is 3.91. The Bertz CT molecular complexity index is 328. The van der Waals surface area contributed by atoms with Crippen molar-refractivity contribution in [3.8, 4) is 0 Å². The second kappa shape index (κ2) is 3.59. The van der Waals surface area contributed by atoms with Gasteiger partial charge in [-0.1, -0.05) is 12.2 Å². The second-order valence-electron chi connectivity index (χ2n) is 5.64. The molecule has 0 aromatic rings. The molecular weight excluding hydrogens is 204 g/mol. The number of hydrogen-bond donors (Lipinski definition) is 0. The molecule has 0 radical (unpaired) electrons. The molecule has 2 aliphatic rings. The summed E-state index contributed by atoms with van der Waals surface area (Å²) in [7, 11) is 0. The summed E-state index contributed by atoms with van der Waals surface area (Å²) in [6.07, 6.45) is 5.71. The molecule has 1 fully saturated rings. The Morgan fingerprint density at radius 2 is 1.94 bits per heavy atom. The topological polar surface area (TPSA) is 35.5 Å². The number of cyclic esters (lactones) is 1. The Balaban J connectivity index is 2.34. The molecule has 3 heteroatoms. The Kier molecular flexibility index (Phi) is 2.61. The maximum atomic E-state index is 12.0. The van der Waals surface area contributed by atoms with Crippen LogP contribution in [0.3, 0.4) is 0 Å². The van der Waals surface area contributed by atoms with Crippen LogP contribution in [0.5, 0.6) is 0 Å². The first-order valence-corrected chi connectivity index (χ1v) is 5.91. The fourth-order valence-electron chi connectivity index (χ4n) is 2.11. The number of esters is 1. The van der Waals surface area contributed by atoms with Crippen molar-refractivity contribution < 1.29 is 14.3 Å². The lowest BCUT2D eigenvalue weighted by atomic mass is 9.88. The summed E-state index contributed by atoms with van der Waals surface area (Å²) in [5, 5.41) is 0. The van der Waals surface area contributed by atoms with E-state index >= 15 is 0 Å². The van der Waals surface area contributed by atoms with Gasteiger partial charge in [-0.2, -0.15) is 0 Å². The standard InChI is InChI=1S/C13H20O3/c1-12(2)13(3,4)16-11(14)9-7-5-6-8-10(9)15-12/h6,8-10H,5,7H2,1-4H3/t9-,10-/m1/s1. The lowest BCUT2D eigenvalue weighted by Gasteiger charge is -2.39. The fraction of sp³-hybridized carbons (Fsp3) is 0.769. The van der Waals surface area contributed by atoms with E-state index in [4.69, 9.17) is 9.47 Å². The molecule has 0 aromatic carbocycles. The van der Waals surface area contributed by atoms with Gasteiger partial charge >= 0.3 is 5.97 Å². The molecule has 3 nitrogen and oxygen atoms in total. The van der Waals surface area contributed by atoms with Crippen molar-refractivity contribution in [3.63, 3.8) is 0 Å². The number of fused-ring (bicyclic) bond motifs is 1. The van der Waals surface area contributed by atoms with Gasteiger partial charge in [0.25, 0.3) is 0 Å². The maximum absolute atomic E-state index is 12.0. The number of carbonyl (C=O) groups excluding carboxylic acids is 1. The van der Waals surface area contributed by atoms with Gasteiger partial charge < -0.3 is 9.47 Å². The van der Waals surface area contributed by atoms with E-state index in [0.717, 1.165) is 12.8 Å². The average Bonchev–Trinajstić information content (AvgIpc) is 2.22. The van der Waals surface area contributed by atoms with Gasteiger partial charge in [0.1, 0.15) is 11.2 Å². The summed E-state index contributed by atoms with van der Waals surface area (Å²) in [6.45, 7) is 7.77. The van der Waals surface area contributed by atoms with E-state index in [2.05, 4.69) is 6.08 Å². The molecule has 0 aromatic heterocycles. The highest BCUT2D eigenvalue weighted by Crippen LogP contribution is 2.38. The molecule has 16 heavy (non-hydrogen) atoms. The highest BCUT2D eigenvalue weighted by Gasteiger charge is 2.49. The van der Waals surface area contributed by atoms with E-state index in [1.807, 2.05) is 33.8 Å². The molecule has 0 bridgehead atoms. The van der Waals surface area contributed by atoms with E-state index < -0.39 is 11.2 Å². The van der Waals surface area contributed by atoms with Crippen LogP contribution in [0.25, 0.3) is 0 Å². The van der Waals surface area contributed by atoms with Gasteiger partial charge in [-0.25, -0.2) is 0 Å². The van der Waals surface area contributed by atoms with Crippen LogP contribution in [0.2, 0.25) is 0 Å². The molecule has 0 saturated carbocycles. The Morgan fingerprint density at radius 3 is 2.62 bits per heavy atom. The number of rotatable bonds is 0. The summed E-state index contributed by atoms with van der Waals surface area (Å²) in [5.74, 6) is -0.254. The third-order valence-corrected chi connectivity index (χ3v) is 3.91. The second-order valence-corrected chi connectivity index (χ2v) is 5.64. The SMILES string of the molecule is CC1(C)OC(=O)[C@@H]2CCC=C[C@H]2OC1(C)C. The zero-order chi connectivity index (χ0) is 12.0. The summed E-state index contributed by atoms with van der Waals surface area (Å²) in [5.41, 5.74) is -1.06. The van der Waals surface area contributed by atoms with Crippen molar-refractivity contribution in [1.82, 2.24) is 0 Å². The van der Waals surface area contributed by atoms with Crippen molar-refractivity contribution in [2.75, 3.05) is 0 Å². The van der Waals surface area contributed by atoms with Crippen LogP contribution in [-0.4, -0.2) is 23.3 Å². The quantitative estimate of drug-likeness (QED) is 0.468. The van der Waals surface area contributed by atoms with Crippen LogP contribution >= 0.6 is 0 Å². The lowest BCUT2D eigenvalue weighted by molar-refractivity contribution is -0.178. The van der Waals surface area contributed by atoms with Gasteiger partial charge in [0, 0.05) is 0 Å². The molecule has 0 N–H and O–H groups in total. The van der Waals surface area contributed by atoms with Gasteiger partial charge in [-0.3, -0.25) is 4.79 Å². The van der Waals surface area contributed by atoms with Gasteiger partial charge in [0.15, 0.2) is 0 Å². The molecule has 1 saturated heterocycles. The van der Waals surface area contributed by atoms with Crippen LogP contribution < -0.4 is 0 Å². The molecule has 0 unspecified atom stereocenters. The fourth-order valence-corrected chi connectivity index (χ4v) is 2.11. The number of allylic oxidation sites excluding steroid dienone is 1. The smallest absolute Gasteiger partial charge is 0.312 e.